The summed E-state index contributed by atoms with van der Waals surface area (Å²) in [5.41, 5.74) is 3.08. The molecule has 2 rings (SSSR count). The van der Waals surface area contributed by atoms with Crippen molar-refractivity contribution in [3.8, 4) is 0 Å². The highest BCUT2D eigenvalue weighted by Crippen LogP contribution is 2.23. The van der Waals surface area contributed by atoms with E-state index in [1.54, 1.807) is 20.0 Å². The molecule has 21 heavy (non-hydrogen) atoms. The average Bonchev–Trinajstić information content (AvgIpc) is 2.41. The standard InChI is InChI=1S/C15H16ClN3O2/c1-10-7-18-14(11(2)15(10)19(20)21)9-17-8-12-4-3-5-13(16)6-12/h3-7,17H,8-9H2,1-2H3. The summed E-state index contributed by atoms with van der Waals surface area (Å²) >= 11 is 5.92. The van der Waals surface area contributed by atoms with E-state index in [1.807, 2.05) is 24.3 Å². The number of aromatic nitrogens is 1. The van der Waals surface area contributed by atoms with Gasteiger partial charge in [-0.15, -0.1) is 0 Å². The Morgan fingerprint density at radius 3 is 2.76 bits per heavy atom. The van der Waals surface area contributed by atoms with Gasteiger partial charge in [0.25, 0.3) is 5.69 Å². The molecule has 2 aromatic rings. The zero-order chi connectivity index (χ0) is 15.4. The maximum atomic E-state index is 11.1. The highest BCUT2D eigenvalue weighted by atomic mass is 35.5. The molecule has 0 saturated carbocycles. The number of aryl methyl sites for hydroxylation is 1. The van der Waals surface area contributed by atoms with E-state index in [0.717, 1.165) is 5.56 Å². The zero-order valence-electron chi connectivity index (χ0n) is 11.9. The molecule has 0 saturated heterocycles. The molecule has 1 aromatic heterocycles. The molecule has 6 heteroatoms. The van der Waals surface area contributed by atoms with Gasteiger partial charge in [0.2, 0.25) is 0 Å². The lowest BCUT2D eigenvalue weighted by Crippen LogP contribution is -2.15. The van der Waals surface area contributed by atoms with Crippen LogP contribution in [0.3, 0.4) is 0 Å². The van der Waals surface area contributed by atoms with Crippen molar-refractivity contribution >= 4 is 17.3 Å². The van der Waals surface area contributed by atoms with Crippen molar-refractivity contribution < 1.29 is 4.92 Å². The summed E-state index contributed by atoms with van der Waals surface area (Å²) in [6.45, 7) is 4.53. The fourth-order valence-corrected chi connectivity index (χ4v) is 2.41. The van der Waals surface area contributed by atoms with Crippen LogP contribution in [-0.4, -0.2) is 9.91 Å². The van der Waals surface area contributed by atoms with Crippen LogP contribution >= 0.6 is 11.6 Å². The summed E-state index contributed by atoms with van der Waals surface area (Å²) in [5, 5.41) is 15.0. The summed E-state index contributed by atoms with van der Waals surface area (Å²) in [6.07, 6.45) is 1.54. The van der Waals surface area contributed by atoms with Gasteiger partial charge >= 0.3 is 0 Å². The van der Waals surface area contributed by atoms with E-state index in [-0.39, 0.29) is 10.6 Å². The second-order valence-corrected chi connectivity index (χ2v) is 5.29. The van der Waals surface area contributed by atoms with Crippen LogP contribution < -0.4 is 5.32 Å². The molecule has 5 nitrogen and oxygen atoms in total. The Hall–Kier alpha value is -1.98. The van der Waals surface area contributed by atoms with Crippen molar-refractivity contribution in [3.63, 3.8) is 0 Å². The quantitative estimate of drug-likeness (QED) is 0.677. The summed E-state index contributed by atoms with van der Waals surface area (Å²) in [6, 6.07) is 7.56. The van der Waals surface area contributed by atoms with Crippen LogP contribution in [0.15, 0.2) is 30.5 Å². The van der Waals surface area contributed by atoms with Crippen LogP contribution in [-0.2, 0) is 13.1 Å². The Balaban J connectivity index is 2.07. The van der Waals surface area contributed by atoms with Crippen molar-refractivity contribution in [3.05, 3.63) is 68.0 Å². The highest BCUT2D eigenvalue weighted by molar-refractivity contribution is 6.30. The van der Waals surface area contributed by atoms with Crippen molar-refractivity contribution in [1.29, 1.82) is 0 Å². The smallest absolute Gasteiger partial charge is 0.278 e. The van der Waals surface area contributed by atoms with E-state index < -0.39 is 0 Å². The molecule has 0 spiro atoms. The van der Waals surface area contributed by atoms with E-state index in [4.69, 9.17) is 11.6 Å². The highest BCUT2D eigenvalue weighted by Gasteiger charge is 2.18. The Labute approximate surface area is 128 Å². The van der Waals surface area contributed by atoms with Crippen LogP contribution in [0.2, 0.25) is 5.02 Å². The third-order valence-electron chi connectivity index (χ3n) is 3.27. The lowest BCUT2D eigenvalue weighted by atomic mass is 10.1. The Kier molecular flexibility index (Phi) is 4.88. The van der Waals surface area contributed by atoms with Crippen LogP contribution in [0.1, 0.15) is 22.4 Å². The van der Waals surface area contributed by atoms with E-state index in [9.17, 15) is 10.1 Å². The van der Waals surface area contributed by atoms with Gasteiger partial charge in [-0.05, 0) is 31.5 Å². The summed E-state index contributed by atoms with van der Waals surface area (Å²) < 4.78 is 0. The third kappa shape index (κ3) is 3.77. The van der Waals surface area contributed by atoms with Crippen LogP contribution in [0.25, 0.3) is 0 Å². The maximum Gasteiger partial charge on any atom is 0.278 e. The summed E-state index contributed by atoms with van der Waals surface area (Å²) in [5.74, 6) is 0. The lowest BCUT2D eigenvalue weighted by Gasteiger charge is -2.09. The van der Waals surface area contributed by atoms with E-state index >= 15 is 0 Å². The third-order valence-corrected chi connectivity index (χ3v) is 3.50. The number of nitrogens with one attached hydrogen (secondary N) is 1. The number of pyridine rings is 1. The topological polar surface area (TPSA) is 68.1 Å². The predicted octanol–water partition coefficient (Wildman–Crippen LogP) is 3.55. The van der Waals surface area contributed by atoms with Gasteiger partial charge < -0.3 is 5.32 Å². The number of hydrogen-bond acceptors (Lipinski definition) is 4. The second-order valence-electron chi connectivity index (χ2n) is 4.85. The van der Waals surface area contributed by atoms with Gasteiger partial charge in [0.15, 0.2) is 0 Å². The normalized spacial score (nSPS) is 10.6. The average molecular weight is 306 g/mol. The number of benzene rings is 1. The number of halogens is 1. The lowest BCUT2D eigenvalue weighted by molar-refractivity contribution is -0.386. The maximum absolute atomic E-state index is 11.1. The SMILES string of the molecule is Cc1cnc(CNCc2cccc(Cl)c2)c(C)c1[N+](=O)[O-]. The first-order valence-electron chi connectivity index (χ1n) is 6.53. The molecule has 0 aliphatic heterocycles. The number of nitro groups is 1. The van der Waals surface area contributed by atoms with Gasteiger partial charge in [-0.1, -0.05) is 23.7 Å². The first-order chi connectivity index (χ1) is 9.99. The first kappa shape index (κ1) is 15.4. The number of hydrogen-bond donors (Lipinski definition) is 1. The zero-order valence-corrected chi connectivity index (χ0v) is 12.6. The van der Waals surface area contributed by atoms with Crippen molar-refractivity contribution in [2.24, 2.45) is 0 Å². The van der Waals surface area contributed by atoms with Crippen molar-refractivity contribution in [2.45, 2.75) is 26.9 Å². The summed E-state index contributed by atoms with van der Waals surface area (Å²) in [4.78, 5) is 15.0. The van der Waals surface area contributed by atoms with Crippen LogP contribution in [0, 0.1) is 24.0 Å². The molecule has 0 bridgehead atoms. The molecule has 1 heterocycles. The van der Waals surface area contributed by atoms with E-state index in [2.05, 4.69) is 10.3 Å². The van der Waals surface area contributed by atoms with Crippen molar-refractivity contribution in [2.75, 3.05) is 0 Å². The number of nitrogens with zero attached hydrogens (tertiary/aromatic N) is 2. The first-order valence-corrected chi connectivity index (χ1v) is 6.91. The molecular weight excluding hydrogens is 290 g/mol. The molecule has 1 N–H and O–H groups in total. The van der Waals surface area contributed by atoms with E-state index in [1.165, 1.54) is 0 Å². The van der Waals surface area contributed by atoms with Gasteiger partial charge in [0, 0.05) is 35.4 Å². The van der Waals surface area contributed by atoms with Crippen molar-refractivity contribution in [1.82, 2.24) is 10.3 Å². The molecule has 0 atom stereocenters. The Morgan fingerprint density at radius 1 is 1.33 bits per heavy atom. The second kappa shape index (κ2) is 6.65. The Bertz CT molecular complexity index is 674. The molecule has 1 aromatic carbocycles. The molecule has 0 amide bonds. The van der Waals surface area contributed by atoms with Crippen LogP contribution in [0.5, 0.6) is 0 Å². The molecule has 0 aliphatic carbocycles. The van der Waals surface area contributed by atoms with Crippen LogP contribution in [0.4, 0.5) is 5.69 Å². The van der Waals surface area contributed by atoms with Gasteiger partial charge in [0.1, 0.15) is 0 Å². The molecular formula is C15H16ClN3O2. The van der Waals surface area contributed by atoms with Gasteiger partial charge in [-0.3, -0.25) is 15.1 Å². The summed E-state index contributed by atoms with van der Waals surface area (Å²) in [7, 11) is 0. The monoisotopic (exact) mass is 305 g/mol. The molecule has 0 fully saturated rings. The minimum absolute atomic E-state index is 0.143. The molecule has 0 radical (unpaired) electrons. The Morgan fingerprint density at radius 2 is 2.10 bits per heavy atom. The van der Waals surface area contributed by atoms with Gasteiger partial charge in [-0.25, -0.2) is 0 Å². The van der Waals surface area contributed by atoms with Gasteiger partial charge in [-0.2, -0.15) is 0 Å². The molecule has 0 unspecified atom stereocenters. The predicted molar refractivity (Wildman–Crippen MR) is 82.4 cm³/mol. The molecule has 110 valence electrons. The fourth-order valence-electron chi connectivity index (χ4n) is 2.20. The number of rotatable bonds is 5. The largest absolute Gasteiger partial charge is 0.307 e. The fraction of sp³-hybridized carbons (Fsp3) is 0.267. The van der Waals surface area contributed by atoms with E-state index in [0.29, 0.717) is 34.9 Å². The minimum Gasteiger partial charge on any atom is -0.307 e. The molecule has 0 aliphatic rings. The van der Waals surface area contributed by atoms with Gasteiger partial charge in [0.05, 0.1) is 10.6 Å². The minimum atomic E-state index is -0.354.